The highest BCUT2D eigenvalue weighted by atomic mass is 32.1. The maximum atomic E-state index is 11.0. The molecule has 96 valence electrons. The number of hydrogen-bond acceptors (Lipinski definition) is 5. The highest BCUT2D eigenvalue weighted by molar-refractivity contribution is 7.09. The van der Waals surface area contributed by atoms with E-state index in [0.717, 1.165) is 18.7 Å². The largest absolute Gasteiger partial charge is 0.349 e. The molecule has 0 aliphatic heterocycles. The second-order valence-electron chi connectivity index (χ2n) is 3.78. The quantitative estimate of drug-likeness (QED) is 0.779. The molecule has 0 spiro atoms. The third kappa shape index (κ3) is 3.64. The van der Waals surface area contributed by atoms with E-state index in [9.17, 15) is 4.79 Å². The number of nitrogens with one attached hydrogen (secondary N) is 1. The molecule has 2 aromatic heterocycles. The van der Waals surface area contributed by atoms with Crippen LogP contribution in [0.3, 0.4) is 0 Å². The van der Waals surface area contributed by atoms with Crippen LogP contribution in [-0.4, -0.2) is 27.4 Å². The fourth-order valence-electron chi connectivity index (χ4n) is 1.47. The normalized spacial score (nSPS) is 10.5. The van der Waals surface area contributed by atoms with Crippen molar-refractivity contribution in [2.45, 2.75) is 19.5 Å². The van der Waals surface area contributed by atoms with Crippen LogP contribution in [0.15, 0.2) is 23.7 Å². The van der Waals surface area contributed by atoms with Crippen LogP contribution in [0.5, 0.6) is 0 Å². The van der Waals surface area contributed by atoms with Gasteiger partial charge in [0, 0.05) is 17.8 Å². The second kappa shape index (κ2) is 6.27. The summed E-state index contributed by atoms with van der Waals surface area (Å²) in [6.07, 6.45) is 2.78. The number of rotatable bonds is 6. The average Bonchev–Trinajstić information content (AvgIpc) is 3.04. The van der Waals surface area contributed by atoms with Gasteiger partial charge in [-0.05, 0) is 11.4 Å². The summed E-state index contributed by atoms with van der Waals surface area (Å²) < 4.78 is 1.78. The van der Waals surface area contributed by atoms with Crippen LogP contribution in [-0.2, 0) is 24.3 Å². The third-order valence-corrected chi connectivity index (χ3v) is 3.34. The van der Waals surface area contributed by atoms with Gasteiger partial charge in [-0.3, -0.25) is 9.48 Å². The highest BCUT2D eigenvalue weighted by Crippen LogP contribution is 2.09. The fraction of sp³-hybridized carbons (Fsp3) is 0.364. The molecule has 0 aromatic carbocycles. The first-order valence-electron chi connectivity index (χ1n) is 5.66. The Balaban J connectivity index is 1.80. The van der Waals surface area contributed by atoms with Crippen molar-refractivity contribution in [3.8, 4) is 0 Å². The molecular weight excluding hydrogens is 250 g/mol. The van der Waals surface area contributed by atoms with Gasteiger partial charge in [0.15, 0.2) is 0 Å². The molecule has 1 amide bonds. The predicted molar refractivity (Wildman–Crippen MR) is 68.9 cm³/mol. The van der Waals surface area contributed by atoms with Crippen molar-refractivity contribution >= 4 is 17.2 Å². The molecule has 0 saturated heterocycles. The van der Waals surface area contributed by atoms with Crippen molar-refractivity contribution in [1.82, 2.24) is 20.3 Å². The van der Waals surface area contributed by atoms with Crippen LogP contribution < -0.4 is 11.1 Å². The van der Waals surface area contributed by atoms with E-state index < -0.39 is 0 Å². The van der Waals surface area contributed by atoms with Crippen LogP contribution in [0, 0.1) is 0 Å². The van der Waals surface area contributed by atoms with Gasteiger partial charge in [0.2, 0.25) is 5.91 Å². The number of nitrogens with two attached hydrogens (primary N) is 1. The first kappa shape index (κ1) is 12.7. The molecule has 2 heterocycles. The Bertz CT molecular complexity index is 493. The monoisotopic (exact) mass is 265 g/mol. The topological polar surface area (TPSA) is 85.8 Å². The van der Waals surface area contributed by atoms with Gasteiger partial charge in [-0.1, -0.05) is 11.3 Å². The van der Waals surface area contributed by atoms with Gasteiger partial charge >= 0.3 is 0 Å². The number of carbonyl (C=O) groups is 1. The van der Waals surface area contributed by atoms with Crippen LogP contribution in [0.25, 0.3) is 0 Å². The predicted octanol–water partition coefficient (Wildman–Crippen LogP) is 0.157. The summed E-state index contributed by atoms with van der Waals surface area (Å²) in [5.41, 5.74) is 5.93. The summed E-state index contributed by atoms with van der Waals surface area (Å²) in [4.78, 5) is 12.3. The average molecular weight is 265 g/mol. The summed E-state index contributed by atoms with van der Waals surface area (Å²) in [6.45, 7) is 1.15. The third-order valence-electron chi connectivity index (χ3n) is 2.41. The Labute approximate surface area is 109 Å². The minimum atomic E-state index is -0.192. The van der Waals surface area contributed by atoms with E-state index in [0.29, 0.717) is 6.54 Å². The molecule has 0 atom stereocenters. The molecule has 2 aromatic rings. The fourth-order valence-corrected chi connectivity index (χ4v) is 2.17. The summed E-state index contributed by atoms with van der Waals surface area (Å²) >= 11 is 1.73. The number of thiophene rings is 1. The Morgan fingerprint density at radius 3 is 3.17 bits per heavy atom. The van der Waals surface area contributed by atoms with E-state index in [1.54, 1.807) is 16.0 Å². The summed E-state index contributed by atoms with van der Waals surface area (Å²) in [5, 5.41) is 12.7. The number of aromatic nitrogens is 3. The van der Waals surface area contributed by atoms with Gasteiger partial charge in [-0.2, -0.15) is 0 Å². The van der Waals surface area contributed by atoms with Crippen LogP contribution in [0.2, 0.25) is 0 Å². The van der Waals surface area contributed by atoms with Crippen LogP contribution >= 0.6 is 11.3 Å². The van der Waals surface area contributed by atoms with E-state index >= 15 is 0 Å². The maximum Gasteiger partial charge on any atom is 0.234 e. The molecule has 0 saturated carbocycles. The molecule has 0 aliphatic rings. The molecule has 2 rings (SSSR count). The molecule has 0 radical (unpaired) electrons. The van der Waals surface area contributed by atoms with Gasteiger partial charge in [0.1, 0.15) is 5.69 Å². The Kier molecular flexibility index (Phi) is 4.43. The minimum Gasteiger partial charge on any atom is -0.349 e. The zero-order valence-corrected chi connectivity index (χ0v) is 10.7. The van der Waals surface area contributed by atoms with Gasteiger partial charge in [0.25, 0.3) is 0 Å². The number of aryl methyl sites for hydroxylation is 2. The Morgan fingerprint density at radius 2 is 2.44 bits per heavy atom. The van der Waals surface area contributed by atoms with E-state index in [1.807, 2.05) is 12.3 Å². The number of nitrogens with zero attached hydrogens (tertiary/aromatic N) is 3. The Hall–Kier alpha value is -1.73. The zero-order valence-electron chi connectivity index (χ0n) is 9.87. The zero-order chi connectivity index (χ0) is 12.8. The molecule has 7 heteroatoms. The molecule has 0 unspecified atom stereocenters. The van der Waals surface area contributed by atoms with E-state index in [2.05, 4.69) is 27.1 Å². The maximum absolute atomic E-state index is 11.0. The summed E-state index contributed by atoms with van der Waals surface area (Å²) in [5.74, 6) is -0.192. The van der Waals surface area contributed by atoms with Crippen molar-refractivity contribution in [2.24, 2.45) is 5.73 Å². The molecule has 0 fully saturated rings. The molecule has 0 aliphatic carbocycles. The summed E-state index contributed by atoms with van der Waals surface area (Å²) in [7, 11) is 0. The first-order chi connectivity index (χ1) is 8.78. The smallest absolute Gasteiger partial charge is 0.234 e. The van der Waals surface area contributed by atoms with Crippen LogP contribution in [0.1, 0.15) is 10.6 Å². The van der Waals surface area contributed by atoms with Gasteiger partial charge < -0.3 is 11.1 Å². The van der Waals surface area contributed by atoms with Crippen molar-refractivity contribution < 1.29 is 4.79 Å². The molecule has 6 nitrogen and oxygen atoms in total. The van der Waals surface area contributed by atoms with Crippen LogP contribution in [0.4, 0.5) is 0 Å². The van der Waals surface area contributed by atoms with E-state index in [4.69, 9.17) is 5.73 Å². The van der Waals surface area contributed by atoms with Crippen molar-refractivity contribution in [2.75, 3.05) is 6.54 Å². The van der Waals surface area contributed by atoms with Crippen molar-refractivity contribution in [3.63, 3.8) is 0 Å². The lowest BCUT2D eigenvalue weighted by Crippen LogP contribution is -2.29. The van der Waals surface area contributed by atoms with Gasteiger partial charge in [-0.15, -0.1) is 16.4 Å². The number of carbonyl (C=O) groups excluding carboxylic acids is 1. The van der Waals surface area contributed by atoms with E-state index in [-0.39, 0.29) is 12.5 Å². The second-order valence-corrected chi connectivity index (χ2v) is 4.82. The van der Waals surface area contributed by atoms with E-state index in [1.165, 1.54) is 4.88 Å². The molecular formula is C11H15N5OS. The highest BCUT2D eigenvalue weighted by Gasteiger charge is 2.03. The minimum absolute atomic E-state index is 0.00743. The lowest BCUT2D eigenvalue weighted by molar-refractivity contribution is -0.119. The summed E-state index contributed by atoms with van der Waals surface area (Å²) in [6, 6.07) is 4.14. The molecule has 0 bridgehead atoms. The number of hydrogen-bond donors (Lipinski definition) is 2. The lowest BCUT2D eigenvalue weighted by atomic mass is 10.3. The van der Waals surface area contributed by atoms with Crippen molar-refractivity contribution in [3.05, 3.63) is 34.3 Å². The molecule has 18 heavy (non-hydrogen) atoms. The molecule has 3 N–H and O–H groups in total. The van der Waals surface area contributed by atoms with Gasteiger partial charge in [0.05, 0.1) is 19.3 Å². The SMILES string of the molecule is NCC(=O)NCc1cn(CCc2cccs2)nn1. The number of amides is 1. The standard InChI is InChI=1S/C11H15N5OS/c12-6-11(17)13-7-9-8-16(15-14-9)4-3-10-2-1-5-18-10/h1-2,5,8H,3-4,6-7,12H2,(H,13,17). The van der Waals surface area contributed by atoms with Crippen molar-refractivity contribution in [1.29, 1.82) is 0 Å². The Morgan fingerprint density at radius 1 is 1.56 bits per heavy atom. The lowest BCUT2D eigenvalue weighted by Gasteiger charge is -1.99. The first-order valence-corrected chi connectivity index (χ1v) is 6.54. The van der Waals surface area contributed by atoms with Gasteiger partial charge in [-0.25, -0.2) is 0 Å².